The van der Waals surface area contributed by atoms with Gasteiger partial charge in [-0.05, 0) is 54.1 Å². The van der Waals surface area contributed by atoms with Crippen LogP contribution in [-0.4, -0.2) is 52.0 Å². The Bertz CT molecular complexity index is 1290. The average molecular weight is 500 g/mol. The standard InChI is InChI=1S/C23H25N5O6S/c1-27(13-14-29)19-7-3-17(4-8-19)16-24-25-22-12-11-21(15-23(22)28(30)31)35(32,33)26-18-5-9-20(34-2)10-6-18/h3-12,15-16,25-26,29H,13-14H2,1-2H3/b24-16+. The maximum atomic E-state index is 12.7. The molecule has 0 bridgehead atoms. The molecular formula is C23H25N5O6S. The lowest BCUT2D eigenvalue weighted by molar-refractivity contribution is -0.384. The Morgan fingerprint density at radius 2 is 1.80 bits per heavy atom. The van der Waals surface area contributed by atoms with Crippen LogP contribution in [0, 0.1) is 10.1 Å². The van der Waals surface area contributed by atoms with Crippen LogP contribution in [0.4, 0.5) is 22.7 Å². The summed E-state index contributed by atoms with van der Waals surface area (Å²) in [5, 5.41) is 24.6. The van der Waals surface area contributed by atoms with E-state index in [-0.39, 0.29) is 22.9 Å². The van der Waals surface area contributed by atoms with Crippen LogP contribution in [0.25, 0.3) is 0 Å². The van der Waals surface area contributed by atoms with E-state index in [9.17, 15) is 18.5 Å². The summed E-state index contributed by atoms with van der Waals surface area (Å²) >= 11 is 0. The SMILES string of the molecule is COc1ccc(NS(=O)(=O)c2ccc(N/N=C/c3ccc(N(C)CCO)cc3)c([N+](=O)[O-])c2)cc1. The molecule has 3 N–H and O–H groups in total. The Balaban J connectivity index is 1.74. The van der Waals surface area contributed by atoms with Crippen LogP contribution in [-0.2, 0) is 10.0 Å². The van der Waals surface area contributed by atoms with Crippen molar-refractivity contribution in [3.8, 4) is 5.75 Å². The van der Waals surface area contributed by atoms with Crippen molar-refractivity contribution < 1.29 is 23.2 Å². The van der Waals surface area contributed by atoms with Gasteiger partial charge < -0.3 is 14.7 Å². The quantitative estimate of drug-likeness (QED) is 0.207. The number of methoxy groups -OCH3 is 1. The summed E-state index contributed by atoms with van der Waals surface area (Å²) in [7, 11) is -0.715. The highest BCUT2D eigenvalue weighted by Crippen LogP contribution is 2.29. The lowest BCUT2D eigenvalue weighted by atomic mass is 10.2. The van der Waals surface area contributed by atoms with Crippen LogP contribution >= 0.6 is 0 Å². The first-order valence-electron chi connectivity index (χ1n) is 10.4. The molecule has 0 radical (unpaired) electrons. The van der Waals surface area contributed by atoms with E-state index in [1.54, 1.807) is 12.1 Å². The number of sulfonamides is 1. The Morgan fingerprint density at radius 1 is 1.11 bits per heavy atom. The van der Waals surface area contributed by atoms with Gasteiger partial charge in [0.2, 0.25) is 0 Å². The van der Waals surface area contributed by atoms with Crippen molar-refractivity contribution in [3.05, 3.63) is 82.4 Å². The molecule has 184 valence electrons. The molecule has 0 aliphatic rings. The monoisotopic (exact) mass is 499 g/mol. The van der Waals surface area contributed by atoms with E-state index >= 15 is 0 Å². The number of ether oxygens (including phenoxy) is 1. The molecular weight excluding hydrogens is 474 g/mol. The van der Waals surface area contributed by atoms with E-state index in [4.69, 9.17) is 9.84 Å². The van der Waals surface area contributed by atoms with Gasteiger partial charge in [0.15, 0.2) is 0 Å². The number of benzene rings is 3. The summed E-state index contributed by atoms with van der Waals surface area (Å²) in [6.45, 7) is 0.542. The number of hydrogen-bond acceptors (Lipinski definition) is 9. The Morgan fingerprint density at radius 3 is 2.40 bits per heavy atom. The minimum absolute atomic E-state index is 0.0361. The third kappa shape index (κ3) is 6.68. The van der Waals surface area contributed by atoms with Gasteiger partial charge in [-0.15, -0.1) is 0 Å². The summed E-state index contributed by atoms with van der Waals surface area (Å²) < 4.78 is 32.9. The number of hydrazone groups is 1. The largest absolute Gasteiger partial charge is 0.497 e. The summed E-state index contributed by atoms with van der Waals surface area (Å²) in [6.07, 6.45) is 1.48. The lowest BCUT2D eigenvalue weighted by Gasteiger charge is -2.17. The zero-order valence-electron chi connectivity index (χ0n) is 19.1. The highest BCUT2D eigenvalue weighted by molar-refractivity contribution is 7.92. The van der Waals surface area contributed by atoms with Crippen LogP contribution in [0.2, 0.25) is 0 Å². The first kappa shape index (κ1) is 25.5. The van der Waals surface area contributed by atoms with Crippen molar-refractivity contribution in [2.75, 3.05) is 42.4 Å². The maximum Gasteiger partial charge on any atom is 0.295 e. The van der Waals surface area contributed by atoms with E-state index in [0.717, 1.165) is 17.3 Å². The van der Waals surface area contributed by atoms with E-state index < -0.39 is 20.6 Å². The molecule has 0 spiro atoms. The number of aliphatic hydroxyl groups excluding tert-OH is 1. The topological polar surface area (TPSA) is 146 Å². The summed E-state index contributed by atoms with van der Waals surface area (Å²) in [5.74, 6) is 0.560. The molecule has 0 aliphatic carbocycles. The second-order valence-electron chi connectivity index (χ2n) is 7.38. The number of hydrogen-bond donors (Lipinski definition) is 3. The molecule has 0 unspecified atom stereocenters. The van der Waals surface area contributed by atoms with Gasteiger partial charge in [0, 0.05) is 31.0 Å². The fraction of sp³-hybridized carbons (Fsp3) is 0.174. The van der Waals surface area contributed by atoms with Crippen LogP contribution in [0.15, 0.2) is 76.7 Å². The van der Waals surface area contributed by atoms with Gasteiger partial charge in [0.1, 0.15) is 11.4 Å². The van der Waals surface area contributed by atoms with Gasteiger partial charge in [0.05, 0.1) is 29.8 Å². The summed E-state index contributed by atoms with van der Waals surface area (Å²) in [5.41, 5.74) is 4.13. The fourth-order valence-corrected chi connectivity index (χ4v) is 4.15. The zero-order valence-corrected chi connectivity index (χ0v) is 19.9. The summed E-state index contributed by atoms with van der Waals surface area (Å²) in [4.78, 5) is 12.5. The first-order chi connectivity index (χ1) is 16.7. The van der Waals surface area contributed by atoms with Crippen LogP contribution in [0.1, 0.15) is 5.56 Å². The smallest absolute Gasteiger partial charge is 0.295 e. The molecule has 3 rings (SSSR count). The molecule has 12 heteroatoms. The fourth-order valence-electron chi connectivity index (χ4n) is 3.07. The molecule has 0 saturated carbocycles. The number of nitrogens with zero attached hydrogens (tertiary/aromatic N) is 3. The van der Waals surface area contributed by atoms with Gasteiger partial charge >= 0.3 is 0 Å². The van der Waals surface area contributed by atoms with Crippen molar-refractivity contribution in [3.63, 3.8) is 0 Å². The van der Waals surface area contributed by atoms with Crippen LogP contribution in [0.5, 0.6) is 5.75 Å². The predicted octanol–water partition coefficient (Wildman–Crippen LogP) is 3.28. The third-order valence-corrected chi connectivity index (χ3v) is 6.37. The molecule has 0 saturated heterocycles. The Hall–Kier alpha value is -4.16. The molecule has 35 heavy (non-hydrogen) atoms. The number of anilines is 3. The molecule has 0 atom stereocenters. The van der Waals surface area contributed by atoms with E-state index in [1.165, 1.54) is 37.6 Å². The first-order valence-corrected chi connectivity index (χ1v) is 11.9. The number of nitro benzene ring substituents is 1. The van der Waals surface area contributed by atoms with Crippen molar-refractivity contribution in [1.82, 2.24) is 0 Å². The molecule has 3 aromatic rings. The number of aliphatic hydroxyl groups is 1. The lowest BCUT2D eigenvalue weighted by Crippen LogP contribution is -2.20. The van der Waals surface area contributed by atoms with Gasteiger partial charge in [-0.1, -0.05) is 12.1 Å². The molecule has 0 heterocycles. The Labute approximate surface area is 202 Å². The average Bonchev–Trinajstić information content (AvgIpc) is 2.85. The van der Waals surface area contributed by atoms with Crippen molar-refractivity contribution in [2.24, 2.45) is 5.10 Å². The number of likely N-dealkylation sites (N-methyl/N-ethyl adjacent to an activating group) is 1. The van der Waals surface area contributed by atoms with Crippen LogP contribution < -0.4 is 19.8 Å². The van der Waals surface area contributed by atoms with E-state index in [1.807, 2.05) is 36.2 Å². The molecule has 0 amide bonds. The van der Waals surface area contributed by atoms with Gasteiger partial charge in [-0.3, -0.25) is 20.3 Å². The minimum atomic E-state index is -4.07. The van der Waals surface area contributed by atoms with Gasteiger partial charge in [0.25, 0.3) is 15.7 Å². The summed E-state index contributed by atoms with van der Waals surface area (Å²) in [6, 6.07) is 17.1. The number of rotatable bonds is 11. The van der Waals surface area contributed by atoms with E-state index in [0.29, 0.717) is 12.3 Å². The number of nitro groups is 1. The molecule has 3 aromatic carbocycles. The highest BCUT2D eigenvalue weighted by Gasteiger charge is 2.21. The third-order valence-electron chi connectivity index (χ3n) is 4.99. The van der Waals surface area contributed by atoms with E-state index in [2.05, 4.69) is 15.2 Å². The molecule has 0 fully saturated rings. The highest BCUT2D eigenvalue weighted by atomic mass is 32.2. The van der Waals surface area contributed by atoms with Crippen molar-refractivity contribution in [1.29, 1.82) is 0 Å². The van der Waals surface area contributed by atoms with Crippen molar-refractivity contribution in [2.45, 2.75) is 4.90 Å². The number of nitrogens with one attached hydrogen (secondary N) is 2. The second-order valence-corrected chi connectivity index (χ2v) is 9.06. The van der Waals surface area contributed by atoms with Crippen molar-refractivity contribution >= 4 is 39.0 Å². The normalized spacial score (nSPS) is 11.3. The Kier molecular flexibility index (Phi) is 8.23. The predicted molar refractivity (Wildman–Crippen MR) is 135 cm³/mol. The van der Waals surface area contributed by atoms with Gasteiger partial charge in [-0.25, -0.2) is 8.42 Å². The maximum absolute atomic E-state index is 12.7. The molecule has 0 aliphatic heterocycles. The second kappa shape index (κ2) is 11.3. The van der Waals surface area contributed by atoms with Crippen LogP contribution in [0.3, 0.4) is 0 Å². The zero-order chi connectivity index (χ0) is 25.4. The molecule has 11 nitrogen and oxygen atoms in total. The molecule has 0 aromatic heterocycles. The van der Waals surface area contributed by atoms with Gasteiger partial charge in [-0.2, -0.15) is 5.10 Å². The minimum Gasteiger partial charge on any atom is -0.497 e.